The largest absolute Gasteiger partial charge is 0.491 e. The minimum Gasteiger partial charge on any atom is -0.491 e. The van der Waals surface area contributed by atoms with Crippen LogP contribution in [0.15, 0.2) is 29.6 Å². The van der Waals surface area contributed by atoms with Crippen LogP contribution in [0.1, 0.15) is 17.1 Å². The number of aryl methyl sites for hydroxylation is 1. The number of nitrogens with zero attached hydrogens (tertiary/aromatic N) is 2. The third-order valence-corrected chi connectivity index (χ3v) is 3.78. The molecule has 0 amide bonds. The van der Waals surface area contributed by atoms with Crippen LogP contribution in [0.3, 0.4) is 0 Å². The highest BCUT2D eigenvalue weighted by Gasteiger charge is 2.04. The van der Waals surface area contributed by atoms with Crippen molar-refractivity contribution in [2.45, 2.75) is 19.9 Å². The summed E-state index contributed by atoms with van der Waals surface area (Å²) < 4.78 is 5.68. The number of para-hydroxylation sites is 2. The molecule has 108 valence electrons. The molecule has 0 fully saturated rings. The van der Waals surface area contributed by atoms with E-state index in [1.807, 2.05) is 31.2 Å². The van der Waals surface area contributed by atoms with Gasteiger partial charge < -0.3 is 15.4 Å². The smallest absolute Gasteiger partial charge is 0.142 e. The van der Waals surface area contributed by atoms with E-state index in [-0.39, 0.29) is 0 Å². The number of hydrogen-bond acceptors (Lipinski definition) is 5. The highest BCUT2D eigenvalue weighted by Crippen LogP contribution is 2.19. The van der Waals surface area contributed by atoms with Gasteiger partial charge in [0.05, 0.1) is 23.0 Å². The van der Waals surface area contributed by atoms with Crippen molar-refractivity contribution in [1.82, 2.24) is 9.88 Å². The number of nitrogens with two attached hydrogens (primary N) is 1. The minimum absolute atomic E-state index is 0.675. The lowest BCUT2D eigenvalue weighted by Crippen LogP contribution is -2.21. The van der Waals surface area contributed by atoms with Crippen molar-refractivity contribution in [2.75, 3.05) is 25.9 Å². The lowest BCUT2D eigenvalue weighted by Gasteiger charge is -2.15. The molecule has 2 aromatic rings. The van der Waals surface area contributed by atoms with Gasteiger partial charge in [0.2, 0.25) is 0 Å². The normalized spacial score (nSPS) is 10.9. The van der Waals surface area contributed by atoms with Gasteiger partial charge in [-0.05, 0) is 32.5 Å². The molecular formula is C15H21N3OS. The molecule has 2 rings (SSSR count). The molecule has 0 aliphatic heterocycles. The predicted molar refractivity (Wildman–Crippen MR) is 84.2 cm³/mol. The number of rotatable bonds is 7. The first-order valence-corrected chi connectivity index (χ1v) is 7.60. The summed E-state index contributed by atoms with van der Waals surface area (Å²) in [4.78, 5) is 6.72. The highest BCUT2D eigenvalue weighted by atomic mass is 32.1. The summed E-state index contributed by atoms with van der Waals surface area (Å²) in [5.41, 5.74) is 7.66. The second-order valence-corrected chi connectivity index (χ2v) is 5.90. The lowest BCUT2D eigenvalue weighted by molar-refractivity contribution is 0.258. The van der Waals surface area contributed by atoms with Gasteiger partial charge in [-0.25, -0.2) is 4.98 Å². The number of thiazole rings is 1. The van der Waals surface area contributed by atoms with Gasteiger partial charge in [0.15, 0.2) is 0 Å². The van der Waals surface area contributed by atoms with E-state index >= 15 is 0 Å². The Morgan fingerprint density at radius 1 is 1.35 bits per heavy atom. The van der Waals surface area contributed by atoms with Gasteiger partial charge in [0.1, 0.15) is 5.75 Å². The zero-order valence-corrected chi connectivity index (χ0v) is 12.8. The molecule has 0 bridgehead atoms. The first-order chi connectivity index (χ1) is 9.65. The minimum atomic E-state index is 0.675. The molecule has 4 nitrogen and oxygen atoms in total. The number of aromatic nitrogens is 1. The van der Waals surface area contributed by atoms with Crippen LogP contribution in [0.2, 0.25) is 0 Å². The quantitative estimate of drug-likeness (QED) is 0.629. The number of ether oxygens (including phenoxy) is 1. The number of hydrogen-bond donors (Lipinski definition) is 1. The first-order valence-electron chi connectivity index (χ1n) is 6.72. The molecule has 0 unspecified atom stereocenters. The fourth-order valence-corrected chi connectivity index (χ4v) is 2.57. The predicted octanol–water partition coefficient (Wildman–Crippen LogP) is 2.93. The van der Waals surface area contributed by atoms with Crippen LogP contribution >= 0.6 is 11.3 Å². The van der Waals surface area contributed by atoms with Gasteiger partial charge in [-0.3, -0.25) is 0 Å². The van der Waals surface area contributed by atoms with Crippen LogP contribution in [0.4, 0.5) is 5.69 Å². The molecule has 0 radical (unpaired) electrons. The molecule has 1 aromatic carbocycles. The molecule has 20 heavy (non-hydrogen) atoms. The van der Waals surface area contributed by atoms with E-state index in [2.05, 4.69) is 22.3 Å². The van der Waals surface area contributed by atoms with Crippen LogP contribution in [0, 0.1) is 6.92 Å². The van der Waals surface area contributed by atoms with Crippen molar-refractivity contribution in [3.05, 3.63) is 40.3 Å². The van der Waals surface area contributed by atoms with E-state index in [0.29, 0.717) is 12.3 Å². The number of nitrogen functional groups attached to an aromatic ring is 1. The molecule has 0 aliphatic carbocycles. The molecule has 5 heteroatoms. The standard InChI is InChI=1S/C15H21N3OS/c1-12-17-13(11-20-12)10-18(2)8-5-9-19-15-7-4-3-6-14(15)16/h3-4,6-7,11H,5,8-10,16H2,1-2H3. The van der Waals surface area contributed by atoms with Crippen molar-refractivity contribution in [3.8, 4) is 5.75 Å². The van der Waals surface area contributed by atoms with Gasteiger partial charge in [-0.1, -0.05) is 12.1 Å². The average Bonchev–Trinajstić information content (AvgIpc) is 2.82. The van der Waals surface area contributed by atoms with Crippen LogP contribution in [0.5, 0.6) is 5.75 Å². The van der Waals surface area contributed by atoms with Gasteiger partial charge in [0.25, 0.3) is 0 Å². The maximum absolute atomic E-state index is 5.82. The Hall–Kier alpha value is -1.59. The lowest BCUT2D eigenvalue weighted by atomic mass is 10.3. The maximum atomic E-state index is 5.82. The van der Waals surface area contributed by atoms with Crippen LogP contribution in [0.25, 0.3) is 0 Å². The summed E-state index contributed by atoms with van der Waals surface area (Å²) in [6.45, 7) is 4.57. The Morgan fingerprint density at radius 3 is 2.85 bits per heavy atom. The topological polar surface area (TPSA) is 51.4 Å². The molecule has 0 saturated heterocycles. The van der Waals surface area contributed by atoms with E-state index in [9.17, 15) is 0 Å². The summed E-state index contributed by atoms with van der Waals surface area (Å²) >= 11 is 1.70. The van der Waals surface area contributed by atoms with E-state index in [4.69, 9.17) is 10.5 Å². The Morgan fingerprint density at radius 2 is 2.15 bits per heavy atom. The van der Waals surface area contributed by atoms with Gasteiger partial charge in [-0.2, -0.15) is 0 Å². The molecule has 1 aromatic heterocycles. The van der Waals surface area contributed by atoms with Crippen LogP contribution in [-0.4, -0.2) is 30.1 Å². The monoisotopic (exact) mass is 291 g/mol. The third-order valence-electron chi connectivity index (χ3n) is 2.96. The molecule has 0 spiro atoms. The molecule has 0 saturated carbocycles. The van der Waals surface area contributed by atoms with Crippen molar-refractivity contribution in [1.29, 1.82) is 0 Å². The summed E-state index contributed by atoms with van der Waals surface area (Å²) in [7, 11) is 2.10. The zero-order chi connectivity index (χ0) is 14.4. The fourth-order valence-electron chi connectivity index (χ4n) is 1.97. The summed E-state index contributed by atoms with van der Waals surface area (Å²) in [5.74, 6) is 0.769. The second-order valence-electron chi connectivity index (χ2n) is 4.84. The SMILES string of the molecule is Cc1nc(CN(C)CCCOc2ccccc2N)cs1. The van der Waals surface area contributed by atoms with Gasteiger partial charge in [-0.15, -0.1) is 11.3 Å². The van der Waals surface area contributed by atoms with E-state index < -0.39 is 0 Å². The highest BCUT2D eigenvalue weighted by molar-refractivity contribution is 7.09. The molecule has 0 aliphatic rings. The first kappa shape index (κ1) is 14.8. The van der Waals surface area contributed by atoms with E-state index in [1.54, 1.807) is 11.3 Å². The Kier molecular flexibility index (Phi) is 5.38. The zero-order valence-electron chi connectivity index (χ0n) is 12.0. The third kappa shape index (κ3) is 4.51. The van der Waals surface area contributed by atoms with Gasteiger partial charge >= 0.3 is 0 Å². The van der Waals surface area contributed by atoms with Crippen LogP contribution in [-0.2, 0) is 6.54 Å². The van der Waals surface area contributed by atoms with Crippen molar-refractivity contribution in [3.63, 3.8) is 0 Å². The number of benzene rings is 1. The Labute approximate surface area is 124 Å². The van der Waals surface area contributed by atoms with E-state index in [0.717, 1.165) is 36.0 Å². The number of anilines is 1. The van der Waals surface area contributed by atoms with Gasteiger partial charge in [0, 0.05) is 18.5 Å². The van der Waals surface area contributed by atoms with Crippen molar-refractivity contribution in [2.24, 2.45) is 0 Å². The van der Waals surface area contributed by atoms with Crippen molar-refractivity contribution < 1.29 is 4.74 Å². The molecule has 0 atom stereocenters. The summed E-state index contributed by atoms with van der Waals surface area (Å²) in [5, 5.41) is 3.24. The molecule has 2 N–H and O–H groups in total. The average molecular weight is 291 g/mol. The molecule has 1 heterocycles. The molecular weight excluding hydrogens is 270 g/mol. The van der Waals surface area contributed by atoms with E-state index in [1.165, 1.54) is 0 Å². The maximum Gasteiger partial charge on any atom is 0.142 e. The fraction of sp³-hybridized carbons (Fsp3) is 0.400. The second kappa shape index (κ2) is 7.26. The Balaban J connectivity index is 1.67. The summed E-state index contributed by atoms with van der Waals surface area (Å²) in [6.07, 6.45) is 0.966. The Bertz CT molecular complexity index is 541. The summed E-state index contributed by atoms with van der Waals surface area (Å²) in [6, 6.07) is 7.59. The van der Waals surface area contributed by atoms with Crippen LogP contribution < -0.4 is 10.5 Å². The van der Waals surface area contributed by atoms with Crippen molar-refractivity contribution >= 4 is 17.0 Å².